The van der Waals surface area contributed by atoms with Gasteiger partial charge in [-0.05, 0) is 85.6 Å². The van der Waals surface area contributed by atoms with Crippen LogP contribution >= 0.6 is 0 Å². The predicted molar refractivity (Wildman–Crippen MR) is 212 cm³/mol. The van der Waals surface area contributed by atoms with Crippen LogP contribution in [0, 0.1) is 0 Å². The first kappa shape index (κ1) is 28.0. The van der Waals surface area contributed by atoms with Crippen molar-refractivity contribution in [1.82, 2.24) is 14.5 Å². The Labute approximate surface area is 294 Å². The molecule has 236 valence electrons. The van der Waals surface area contributed by atoms with E-state index in [0.717, 1.165) is 44.7 Å². The first-order valence-corrected chi connectivity index (χ1v) is 17.4. The molecule has 3 nitrogen and oxygen atoms in total. The average Bonchev–Trinajstić information content (AvgIpc) is 3.49. The van der Waals surface area contributed by atoms with Crippen molar-refractivity contribution < 1.29 is 0 Å². The number of aromatic nitrogens is 3. The molecular weight excluding hydrogens is 619 g/mol. The molecule has 0 fully saturated rings. The van der Waals surface area contributed by atoms with Crippen LogP contribution in [-0.2, 0) is 0 Å². The summed E-state index contributed by atoms with van der Waals surface area (Å²) in [4.78, 5) is 10.8. The van der Waals surface area contributed by atoms with E-state index < -0.39 is 0 Å². The minimum atomic E-state index is 0.829. The van der Waals surface area contributed by atoms with E-state index >= 15 is 0 Å². The summed E-state index contributed by atoms with van der Waals surface area (Å²) in [6, 6.07) is 63.0. The highest BCUT2D eigenvalue weighted by Crippen LogP contribution is 2.49. The molecule has 0 radical (unpaired) electrons. The van der Waals surface area contributed by atoms with Crippen molar-refractivity contribution in [2.75, 3.05) is 0 Å². The number of benzene rings is 8. The summed E-state index contributed by atoms with van der Waals surface area (Å²) in [6.07, 6.45) is 0. The van der Waals surface area contributed by atoms with E-state index in [1.54, 1.807) is 0 Å². The summed E-state index contributed by atoms with van der Waals surface area (Å²) in [5, 5.41) is 5.04. The quantitative estimate of drug-likeness (QED) is 0.190. The summed E-state index contributed by atoms with van der Waals surface area (Å²) in [5.41, 5.74) is 15.7. The highest BCUT2D eigenvalue weighted by atomic mass is 15.1. The molecule has 1 aliphatic carbocycles. The summed E-state index contributed by atoms with van der Waals surface area (Å²) in [6.45, 7) is 0. The van der Waals surface area contributed by atoms with Gasteiger partial charge in [0.05, 0.1) is 22.1 Å². The topological polar surface area (TPSA) is 30.7 Å². The molecule has 0 saturated carbocycles. The third-order valence-corrected chi connectivity index (χ3v) is 10.5. The smallest absolute Gasteiger partial charge is 0.165 e. The van der Waals surface area contributed by atoms with Gasteiger partial charge < -0.3 is 0 Å². The number of fused-ring (bicyclic) bond motifs is 4. The van der Waals surface area contributed by atoms with Gasteiger partial charge in [-0.1, -0.05) is 146 Å². The number of rotatable bonds is 4. The van der Waals surface area contributed by atoms with Crippen molar-refractivity contribution in [3.05, 3.63) is 176 Å². The van der Waals surface area contributed by atoms with E-state index in [2.05, 4.69) is 168 Å². The molecule has 11 rings (SSSR count). The third kappa shape index (κ3) is 4.19. The molecule has 0 amide bonds. The fourth-order valence-electron chi connectivity index (χ4n) is 8.23. The lowest BCUT2D eigenvalue weighted by Gasteiger charge is -2.16. The molecule has 3 heteroatoms. The van der Waals surface area contributed by atoms with Gasteiger partial charge in [-0.3, -0.25) is 4.57 Å². The second-order valence-electron chi connectivity index (χ2n) is 13.4. The van der Waals surface area contributed by atoms with Crippen molar-refractivity contribution in [3.63, 3.8) is 0 Å². The first-order valence-electron chi connectivity index (χ1n) is 17.4. The number of nitrogens with zero attached hydrogens (tertiary/aromatic N) is 3. The van der Waals surface area contributed by atoms with Crippen LogP contribution in [0.2, 0.25) is 0 Å². The van der Waals surface area contributed by atoms with Crippen LogP contribution in [0.4, 0.5) is 0 Å². The number of hydrogen-bond donors (Lipinski definition) is 0. The molecular formula is C48H29N3. The van der Waals surface area contributed by atoms with Crippen molar-refractivity contribution in [2.45, 2.75) is 0 Å². The van der Waals surface area contributed by atoms with Crippen molar-refractivity contribution in [2.24, 2.45) is 0 Å². The minimum absolute atomic E-state index is 0.829. The van der Waals surface area contributed by atoms with Gasteiger partial charge >= 0.3 is 0 Å². The van der Waals surface area contributed by atoms with E-state index in [-0.39, 0.29) is 0 Å². The van der Waals surface area contributed by atoms with E-state index in [0.29, 0.717) is 0 Å². The Morgan fingerprint density at radius 1 is 0.333 bits per heavy atom. The van der Waals surface area contributed by atoms with Crippen LogP contribution in [-0.4, -0.2) is 14.5 Å². The molecule has 0 atom stereocenters. The Morgan fingerprint density at radius 2 is 0.882 bits per heavy atom. The lowest BCUT2D eigenvalue weighted by molar-refractivity contribution is 1.08. The monoisotopic (exact) mass is 647 g/mol. The largest absolute Gasteiger partial charge is 0.292 e. The zero-order chi connectivity index (χ0) is 33.5. The van der Waals surface area contributed by atoms with Crippen LogP contribution < -0.4 is 0 Å². The molecule has 0 unspecified atom stereocenters. The lowest BCUT2D eigenvalue weighted by atomic mass is 9.93. The average molecular weight is 648 g/mol. The maximum Gasteiger partial charge on any atom is 0.165 e. The van der Waals surface area contributed by atoms with Crippen LogP contribution in [0.25, 0.3) is 105 Å². The molecule has 0 saturated heterocycles. The van der Waals surface area contributed by atoms with Crippen molar-refractivity contribution in [1.29, 1.82) is 0 Å². The van der Waals surface area contributed by atoms with E-state index in [1.807, 2.05) is 12.1 Å². The summed E-state index contributed by atoms with van der Waals surface area (Å²) in [5.74, 6) is 0.829. The van der Waals surface area contributed by atoms with Gasteiger partial charge in [0.2, 0.25) is 0 Å². The standard InChI is InChI=1S/C48H29N3/c1-2-11-30(12-3-1)34-14-8-15-35(29-34)31-23-25-33(26-24-31)47-48(50-41-21-7-6-20-40(41)49-47)51-42-22-10-19-39-37-17-5-4-16-36(37)38-18-9-13-32-27-28-43(51)46(44(32)38)45(39)42/h1-29H. The molecule has 2 heterocycles. The molecule has 0 N–H and O–H groups in total. The van der Waals surface area contributed by atoms with E-state index in [1.165, 1.54) is 60.5 Å². The molecule has 0 aliphatic heterocycles. The Balaban J connectivity index is 1.16. The molecule has 8 aromatic carbocycles. The first-order chi connectivity index (χ1) is 25.3. The molecule has 51 heavy (non-hydrogen) atoms. The van der Waals surface area contributed by atoms with Gasteiger partial charge in [0.1, 0.15) is 5.69 Å². The SMILES string of the molecule is c1ccc(-c2cccc(-c3ccc(-c4nc5ccccc5nc4-n4c5cccc6c5c5c7c(cccc7ccc54)-c4ccccc4-6)cc3)c2)cc1. The molecule has 2 aromatic heterocycles. The normalized spacial score (nSPS) is 11.9. The van der Waals surface area contributed by atoms with Gasteiger partial charge in [0.15, 0.2) is 5.82 Å². The Kier molecular flexibility index (Phi) is 5.96. The van der Waals surface area contributed by atoms with Crippen molar-refractivity contribution >= 4 is 43.6 Å². The fourth-order valence-corrected chi connectivity index (χ4v) is 8.23. The van der Waals surface area contributed by atoms with Crippen LogP contribution in [0.15, 0.2) is 176 Å². The summed E-state index contributed by atoms with van der Waals surface area (Å²) >= 11 is 0. The number of hydrogen-bond acceptors (Lipinski definition) is 2. The summed E-state index contributed by atoms with van der Waals surface area (Å²) in [7, 11) is 0. The highest BCUT2D eigenvalue weighted by molar-refractivity contribution is 6.30. The van der Waals surface area contributed by atoms with Crippen LogP contribution in [0.1, 0.15) is 0 Å². The fraction of sp³-hybridized carbons (Fsp3) is 0. The Morgan fingerprint density at radius 3 is 1.65 bits per heavy atom. The molecule has 0 spiro atoms. The third-order valence-electron chi connectivity index (χ3n) is 10.5. The Bertz CT molecular complexity index is 3010. The molecule has 1 aliphatic rings. The zero-order valence-corrected chi connectivity index (χ0v) is 27.6. The zero-order valence-electron chi connectivity index (χ0n) is 27.6. The van der Waals surface area contributed by atoms with E-state index in [4.69, 9.17) is 9.97 Å². The van der Waals surface area contributed by atoms with Crippen LogP contribution in [0.3, 0.4) is 0 Å². The minimum Gasteiger partial charge on any atom is -0.292 e. The van der Waals surface area contributed by atoms with Gasteiger partial charge in [-0.2, -0.15) is 0 Å². The Hall–Kier alpha value is -6.84. The second-order valence-corrected chi connectivity index (χ2v) is 13.4. The van der Waals surface area contributed by atoms with Crippen LogP contribution in [0.5, 0.6) is 0 Å². The van der Waals surface area contributed by atoms with E-state index in [9.17, 15) is 0 Å². The maximum atomic E-state index is 5.42. The van der Waals surface area contributed by atoms with Gasteiger partial charge in [-0.15, -0.1) is 0 Å². The number of para-hydroxylation sites is 2. The predicted octanol–water partition coefficient (Wildman–Crippen LogP) is 12.5. The summed E-state index contributed by atoms with van der Waals surface area (Å²) < 4.78 is 2.35. The van der Waals surface area contributed by atoms with Gasteiger partial charge in [0, 0.05) is 16.3 Å². The van der Waals surface area contributed by atoms with Gasteiger partial charge in [0.25, 0.3) is 0 Å². The van der Waals surface area contributed by atoms with Crippen molar-refractivity contribution in [3.8, 4) is 61.6 Å². The maximum absolute atomic E-state index is 5.42. The highest BCUT2D eigenvalue weighted by Gasteiger charge is 2.26. The lowest BCUT2D eigenvalue weighted by Crippen LogP contribution is -2.04. The second kappa shape index (κ2) is 10.8. The van der Waals surface area contributed by atoms with Gasteiger partial charge in [-0.25, -0.2) is 9.97 Å². The molecule has 10 aromatic rings. The molecule has 0 bridgehead atoms.